The lowest BCUT2D eigenvalue weighted by atomic mass is 10.3. The highest BCUT2D eigenvalue weighted by Gasteiger charge is 2.25. The molecule has 0 spiro atoms. The van der Waals surface area contributed by atoms with Gasteiger partial charge >= 0.3 is 0 Å². The van der Waals surface area contributed by atoms with Gasteiger partial charge in [0, 0.05) is 25.7 Å². The highest BCUT2D eigenvalue weighted by molar-refractivity contribution is 7.89. The maximum atomic E-state index is 12.4. The van der Waals surface area contributed by atoms with Crippen LogP contribution in [0.5, 0.6) is 11.5 Å². The summed E-state index contributed by atoms with van der Waals surface area (Å²) in [5, 5.41) is 0. The zero-order valence-corrected chi connectivity index (χ0v) is 12.4. The molecule has 0 radical (unpaired) electrons. The van der Waals surface area contributed by atoms with Crippen LogP contribution in [-0.4, -0.2) is 46.6 Å². The summed E-state index contributed by atoms with van der Waals surface area (Å²) in [5.41, 5.74) is 5.50. The molecule has 0 amide bonds. The lowest BCUT2D eigenvalue weighted by Gasteiger charge is -2.23. The van der Waals surface area contributed by atoms with Gasteiger partial charge in [0.25, 0.3) is 0 Å². The average Bonchev–Trinajstić information content (AvgIpc) is 2.44. The van der Waals surface area contributed by atoms with Crippen molar-refractivity contribution >= 4 is 10.0 Å². The van der Waals surface area contributed by atoms with E-state index in [4.69, 9.17) is 15.2 Å². The van der Waals surface area contributed by atoms with Crippen molar-refractivity contribution in [3.8, 4) is 11.5 Å². The van der Waals surface area contributed by atoms with Gasteiger partial charge in [-0.1, -0.05) is 0 Å². The molecule has 1 unspecified atom stereocenters. The molecule has 0 bridgehead atoms. The maximum Gasteiger partial charge on any atom is 0.243 e. The number of hydrogen-bond acceptors (Lipinski definition) is 5. The molecule has 2 N–H and O–H groups in total. The van der Waals surface area contributed by atoms with Crippen molar-refractivity contribution in [2.24, 2.45) is 5.73 Å². The van der Waals surface area contributed by atoms with E-state index in [0.29, 0.717) is 11.5 Å². The van der Waals surface area contributed by atoms with Crippen LogP contribution in [0.25, 0.3) is 0 Å². The first-order valence-electron chi connectivity index (χ1n) is 5.78. The van der Waals surface area contributed by atoms with Gasteiger partial charge in [-0.15, -0.1) is 0 Å². The van der Waals surface area contributed by atoms with Crippen molar-refractivity contribution in [2.75, 3.05) is 27.8 Å². The minimum absolute atomic E-state index is 0.146. The summed E-state index contributed by atoms with van der Waals surface area (Å²) in [7, 11) is 0.867. The van der Waals surface area contributed by atoms with Crippen LogP contribution in [0.1, 0.15) is 6.92 Å². The Bertz CT molecular complexity index is 531. The summed E-state index contributed by atoms with van der Waals surface area (Å²) in [4.78, 5) is 0.146. The third-order valence-electron chi connectivity index (χ3n) is 2.99. The Morgan fingerprint density at radius 1 is 1.26 bits per heavy atom. The summed E-state index contributed by atoms with van der Waals surface area (Å²) >= 11 is 0. The molecule has 7 heteroatoms. The molecule has 6 nitrogen and oxygen atoms in total. The molecule has 1 aromatic carbocycles. The molecular formula is C12H20N2O4S. The first-order chi connectivity index (χ1) is 8.88. The predicted molar refractivity (Wildman–Crippen MR) is 73.0 cm³/mol. The van der Waals surface area contributed by atoms with Crippen LogP contribution in [0.2, 0.25) is 0 Å². The van der Waals surface area contributed by atoms with E-state index in [2.05, 4.69) is 0 Å². The monoisotopic (exact) mass is 288 g/mol. The zero-order chi connectivity index (χ0) is 14.6. The first-order valence-corrected chi connectivity index (χ1v) is 7.22. The Labute approximate surface area is 114 Å². The molecule has 1 rings (SSSR count). The molecule has 0 aliphatic carbocycles. The summed E-state index contributed by atoms with van der Waals surface area (Å²) < 4.78 is 36.2. The Hall–Kier alpha value is -1.31. The Morgan fingerprint density at radius 2 is 1.84 bits per heavy atom. The molecule has 19 heavy (non-hydrogen) atoms. The van der Waals surface area contributed by atoms with Crippen molar-refractivity contribution in [3.63, 3.8) is 0 Å². The number of rotatable bonds is 6. The van der Waals surface area contributed by atoms with Gasteiger partial charge in [-0.3, -0.25) is 0 Å². The summed E-state index contributed by atoms with van der Waals surface area (Å²) in [6.07, 6.45) is 0. The summed E-state index contributed by atoms with van der Waals surface area (Å²) in [6, 6.07) is 4.20. The maximum absolute atomic E-state index is 12.4. The van der Waals surface area contributed by atoms with Gasteiger partial charge < -0.3 is 15.2 Å². The Kier molecular flexibility index (Phi) is 5.16. The minimum atomic E-state index is -3.59. The van der Waals surface area contributed by atoms with Crippen molar-refractivity contribution in [1.29, 1.82) is 0 Å². The van der Waals surface area contributed by atoms with Crippen LogP contribution in [-0.2, 0) is 10.0 Å². The number of nitrogens with zero attached hydrogens (tertiary/aromatic N) is 1. The third-order valence-corrected chi connectivity index (χ3v) is 4.96. The number of benzene rings is 1. The second-order valence-electron chi connectivity index (χ2n) is 4.12. The quantitative estimate of drug-likeness (QED) is 0.832. The SMILES string of the molecule is COc1ccc(S(=O)(=O)N(C)C(C)CN)cc1OC. The van der Waals surface area contributed by atoms with E-state index in [1.54, 1.807) is 13.0 Å². The highest BCUT2D eigenvalue weighted by atomic mass is 32.2. The third kappa shape index (κ3) is 3.17. The van der Waals surface area contributed by atoms with E-state index in [1.165, 1.54) is 37.7 Å². The average molecular weight is 288 g/mol. The van der Waals surface area contributed by atoms with E-state index in [-0.39, 0.29) is 17.5 Å². The molecule has 0 saturated carbocycles. The second-order valence-corrected chi connectivity index (χ2v) is 6.12. The number of likely N-dealkylation sites (N-methyl/N-ethyl adjacent to an activating group) is 1. The number of methoxy groups -OCH3 is 2. The van der Waals surface area contributed by atoms with Crippen LogP contribution in [0, 0.1) is 0 Å². The van der Waals surface area contributed by atoms with Crippen LogP contribution >= 0.6 is 0 Å². The lowest BCUT2D eigenvalue weighted by Crippen LogP contribution is -2.39. The fourth-order valence-electron chi connectivity index (χ4n) is 1.53. The number of hydrogen-bond donors (Lipinski definition) is 1. The van der Waals surface area contributed by atoms with Crippen LogP contribution in [0.3, 0.4) is 0 Å². The first kappa shape index (κ1) is 15.7. The standard InChI is InChI=1S/C12H20N2O4S/c1-9(8-13)14(2)19(15,16)10-5-6-11(17-3)12(7-10)18-4/h5-7,9H,8,13H2,1-4H3. The van der Waals surface area contributed by atoms with E-state index >= 15 is 0 Å². The van der Waals surface area contributed by atoms with Crippen LogP contribution in [0.4, 0.5) is 0 Å². The molecule has 1 atom stereocenters. The molecule has 0 aliphatic heterocycles. The van der Waals surface area contributed by atoms with E-state index in [9.17, 15) is 8.42 Å². The molecule has 108 valence electrons. The van der Waals surface area contributed by atoms with Crippen molar-refractivity contribution < 1.29 is 17.9 Å². The molecule has 0 aliphatic rings. The number of ether oxygens (including phenoxy) is 2. The second kappa shape index (κ2) is 6.23. The van der Waals surface area contributed by atoms with Crippen LogP contribution in [0.15, 0.2) is 23.1 Å². The summed E-state index contributed by atoms with van der Waals surface area (Å²) in [6.45, 7) is 2.00. The van der Waals surface area contributed by atoms with Crippen molar-refractivity contribution in [2.45, 2.75) is 17.9 Å². The number of nitrogens with two attached hydrogens (primary N) is 1. The number of sulfonamides is 1. The Morgan fingerprint density at radius 3 is 2.32 bits per heavy atom. The van der Waals surface area contributed by atoms with E-state index < -0.39 is 10.0 Å². The van der Waals surface area contributed by atoms with Crippen molar-refractivity contribution in [1.82, 2.24) is 4.31 Å². The van der Waals surface area contributed by atoms with Gasteiger partial charge in [0.2, 0.25) is 10.0 Å². The predicted octanol–water partition coefficient (Wildman–Crippen LogP) is 0.672. The molecule has 0 aromatic heterocycles. The lowest BCUT2D eigenvalue weighted by molar-refractivity contribution is 0.353. The molecule has 0 saturated heterocycles. The zero-order valence-electron chi connectivity index (χ0n) is 11.6. The topological polar surface area (TPSA) is 81.9 Å². The normalized spacial score (nSPS) is 13.4. The Balaban J connectivity index is 3.22. The van der Waals surface area contributed by atoms with Gasteiger partial charge in [-0.25, -0.2) is 8.42 Å². The minimum Gasteiger partial charge on any atom is -0.493 e. The summed E-state index contributed by atoms with van der Waals surface area (Å²) in [5.74, 6) is 0.855. The molecule has 0 fully saturated rings. The van der Waals surface area contributed by atoms with Crippen molar-refractivity contribution in [3.05, 3.63) is 18.2 Å². The van der Waals surface area contributed by atoms with Gasteiger partial charge in [0.15, 0.2) is 11.5 Å². The van der Waals surface area contributed by atoms with Gasteiger partial charge in [-0.2, -0.15) is 4.31 Å². The van der Waals surface area contributed by atoms with Gasteiger partial charge in [-0.05, 0) is 19.1 Å². The molecule has 1 aromatic rings. The smallest absolute Gasteiger partial charge is 0.243 e. The van der Waals surface area contributed by atoms with E-state index in [1.807, 2.05) is 0 Å². The largest absolute Gasteiger partial charge is 0.493 e. The van der Waals surface area contributed by atoms with E-state index in [0.717, 1.165) is 0 Å². The van der Waals surface area contributed by atoms with Gasteiger partial charge in [0.05, 0.1) is 19.1 Å². The van der Waals surface area contributed by atoms with Crippen LogP contribution < -0.4 is 15.2 Å². The van der Waals surface area contributed by atoms with Gasteiger partial charge in [0.1, 0.15) is 0 Å². The molecule has 0 heterocycles. The molecular weight excluding hydrogens is 268 g/mol. The highest BCUT2D eigenvalue weighted by Crippen LogP contribution is 2.30. The fraction of sp³-hybridized carbons (Fsp3) is 0.500. The fourth-order valence-corrected chi connectivity index (χ4v) is 2.92.